The molecule has 0 radical (unpaired) electrons. The highest BCUT2D eigenvalue weighted by Crippen LogP contribution is 2.12. The molecule has 1 aliphatic rings. The van der Waals surface area contributed by atoms with Crippen LogP contribution in [0, 0.1) is 5.92 Å². The summed E-state index contributed by atoms with van der Waals surface area (Å²) in [6.07, 6.45) is 0.817. The van der Waals surface area contributed by atoms with Crippen molar-refractivity contribution in [1.82, 2.24) is 4.90 Å². The number of β-amino-alcohol motifs (C(OH)–C–C–N with tert-alkyl or cyclic N) is 1. The van der Waals surface area contributed by atoms with Crippen LogP contribution < -0.4 is 0 Å². The van der Waals surface area contributed by atoms with Crippen LogP contribution in [0.1, 0.15) is 13.3 Å². The van der Waals surface area contributed by atoms with Crippen molar-refractivity contribution in [2.75, 3.05) is 26.2 Å². The molecule has 1 fully saturated rings. The summed E-state index contributed by atoms with van der Waals surface area (Å²) in [5.74, 6) is 0.315. The van der Waals surface area contributed by atoms with Crippen LogP contribution in [0.15, 0.2) is 5.16 Å². The molecule has 0 aromatic rings. The SMILES string of the molecule is CC1CN(CCO)CCC1=NO. The van der Waals surface area contributed by atoms with Crippen LogP contribution in [0.2, 0.25) is 0 Å². The standard InChI is InChI=1S/C8H16N2O2/c1-7-6-10(4-5-11)3-2-8(7)9-12/h7,11-12H,2-6H2,1H3. The third-order valence-corrected chi connectivity index (χ3v) is 2.33. The Morgan fingerprint density at radius 1 is 1.67 bits per heavy atom. The first-order valence-corrected chi connectivity index (χ1v) is 4.32. The zero-order valence-corrected chi connectivity index (χ0v) is 7.40. The fraction of sp³-hybridized carbons (Fsp3) is 0.875. The monoisotopic (exact) mass is 172 g/mol. The van der Waals surface area contributed by atoms with Crippen LogP contribution in [-0.2, 0) is 0 Å². The van der Waals surface area contributed by atoms with Gasteiger partial charge in [-0.1, -0.05) is 12.1 Å². The average Bonchev–Trinajstić information content (AvgIpc) is 2.05. The molecule has 1 saturated heterocycles. The molecule has 1 heterocycles. The number of hydrogen-bond acceptors (Lipinski definition) is 4. The Labute approximate surface area is 72.5 Å². The highest BCUT2D eigenvalue weighted by atomic mass is 16.4. The Hall–Kier alpha value is -0.610. The van der Waals surface area contributed by atoms with Crippen molar-refractivity contribution < 1.29 is 10.3 Å². The van der Waals surface area contributed by atoms with Gasteiger partial charge in [-0.15, -0.1) is 0 Å². The normalized spacial score (nSPS) is 29.5. The van der Waals surface area contributed by atoms with Gasteiger partial charge in [-0.3, -0.25) is 0 Å². The van der Waals surface area contributed by atoms with E-state index in [4.69, 9.17) is 10.3 Å². The average molecular weight is 172 g/mol. The summed E-state index contributed by atoms with van der Waals surface area (Å²) in [5.41, 5.74) is 0.879. The second-order valence-electron chi connectivity index (χ2n) is 3.27. The lowest BCUT2D eigenvalue weighted by Gasteiger charge is -2.30. The lowest BCUT2D eigenvalue weighted by molar-refractivity contribution is 0.179. The fourth-order valence-electron chi connectivity index (χ4n) is 1.60. The van der Waals surface area contributed by atoms with Crippen molar-refractivity contribution in [2.24, 2.45) is 11.1 Å². The third kappa shape index (κ3) is 2.19. The van der Waals surface area contributed by atoms with E-state index in [-0.39, 0.29) is 6.61 Å². The van der Waals surface area contributed by atoms with Crippen LogP contribution in [0.5, 0.6) is 0 Å². The first-order valence-electron chi connectivity index (χ1n) is 4.32. The first-order chi connectivity index (χ1) is 5.77. The minimum atomic E-state index is 0.207. The van der Waals surface area contributed by atoms with Gasteiger partial charge < -0.3 is 15.2 Å². The summed E-state index contributed by atoms with van der Waals surface area (Å²) in [5, 5.41) is 20.6. The highest BCUT2D eigenvalue weighted by Gasteiger charge is 2.21. The highest BCUT2D eigenvalue weighted by molar-refractivity contribution is 5.86. The molecule has 0 bridgehead atoms. The molecule has 0 aromatic carbocycles. The van der Waals surface area contributed by atoms with E-state index in [1.165, 1.54) is 0 Å². The predicted molar refractivity (Wildman–Crippen MR) is 46.5 cm³/mol. The van der Waals surface area contributed by atoms with E-state index < -0.39 is 0 Å². The van der Waals surface area contributed by atoms with Gasteiger partial charge >= 0.3 is 0 Å². The lowest BCUT2D eigenvalue weighted by Crippen LogP contribution is -2.40. The number of nitrogens with zero attached hydrogens (tertiary/aromatic N) is 2. The molecule has 0 spiro atoms. The van der Waals surface area contributed by atoms with Gasteiger partial charge in [0.1, 0.15) is 0 Å². The van der Waals surface area contributed by atoms with Crippen LogP contribution >= 0.6 is 0 Å². The van der Waals surface area contributed by atoms with Crippen LogP contribution in [0.25, 0.3) is 0 Å². The van der Waals surface area contributed by atoms with Crippen LogP contribution in [0.3, 0.4) is 0 Å². The van der Waals surface area contributed by atoms with E-state index >= 15 is 0 Å². The number of piperidine rings is 1. The molecule has 70 valence electrons. The number of oxime groups is 1. The smallest absolute Gasteiger partial charge is 0.0624 e. The molecule has 0 aromatic heterocycles. The van der Waals surface area contributed by atoms with E-state index in [9.17, 15) is 0 Å². The molecular weight excluding hydrogens is 156 g/mol. The molecular formula is C8H16N2O2. The molecule has 4 heteroatoms. The fourth-order valence-corrected chi connectivity index (χ4v) is 1.60. The van der Waals surface area contributed by atoms with Gasteiger partial charge in [0, 0.05) is 32.0 Å². The summed E-state index contributed by atoms with van der Waals surface area (Å²) in [6, 6.07) is 0. The Balaban J connectivity index is 2.40. The summed E-state index contributed by atoms with van der Waals surface area (Å²) < 4.78 is 0. The predicted octanol–water partition coefficient (Wildman–Crippen LogP) is 0.151. The molecule has 1 atom stereocenters. The maximum Gasteiger partial charge on any atom is 0.0624 e. The molecule has 1 unspecified atom stereocenters. The minimum Gasteiger partial charge on any atom is -0.411 e. The van der Waals surface area contributed by atoms with E-state index in [1.807, 2.05) is 6.92 Å². The van der Waals surface area contributed by atoms with Gasteiger partial charge in [0.25, 0.3) is 0 Å². The van der Waals surface area contributed by atoms with Gasteiger partial charge in [0.2, 0.25) is 0 Å². The quantitative estimate of drug-likeness (QED) is 0.460. The van der Waals surface area contributed by atoms with Gasteiger partial charge in [0.15, 0.2) is 0 Å². The molecule has 12 heavy (non-hydrogen) atoms. The van der Waals surface area contributed by atoms with Gasteiger partial charge in [-0.2, -0.15) is 0 Å². The van der Waals surface area contributed by atoms with Crippen molar-refractivity contribution in [2.45, 2.75) is 13.3 Å². The van der Waals surface area contributed by atoms with E-state index in [1.54, 1.807) is 0 Å². The summed E-state index contributed by atoms with van der Waals surface area (Å²) in [7, 11) is 0. The maximum atomic E-state index is 8.71. The summed E-state index contributed by atoms with van der Waals surface area (Å²) >= 11 is 0. The molecule has 0 aliphatic carbocycles. The van der Waals surface area contributed by atoms with Crippen LogP contribution in [0.4, 0.5) is 0 Å². The number of rotatable bonds is 2. The van der Waals surface area contributed by atoms with Crippen molar-refractivity contribution in [3.05, 3.63) is 0 Å². The molecule has 1 rings (SSSR count). The Morgan fingerprint density at radius 2 is 2.42 bits per heavy atom. The van der Waals surface area contributed by atoms with Gasteiger partial charge in [0.05, 0.1) is 12.3 Å². The molecule has 0 saturated carbocycles. The van der Waals surface area contributed by atoms with Crippen molar-refractivity contribution >= 4 is 5.71 Å². The first kappa shape index (κ1) is 9.48. The Morgan fingerprint density at radius 3 is 2.92 bits per heavy atom. The molecule has 2 N–H and O–H groups in total. The van der Waals surface area contributed by atoms with Gasteiger partial charge in [-0.25, -0.2) is 0 Å². The Kier molecular flexibility index (Phi) is 3.49. The molecule has 1 aliphatic heterocycles. The van der Waals surface area contributed by atoms with Crippen LogP contribution in [-0.4, -0.2) is 47.2 Å². The van der Waals surface area contributed by atoms with Gasteiger partial charge in [-0.05, 0) is 0 Å². The number of likely N-dealkylation sites (tertiary alicyclic amines) is 1. The second kappa shape index (κ2) is 4.42. The topological polar surface area (TPSA) is 56.1 Å². The zero-order chi connectivity index (χ0) is 8.97. The van der Waals surface area contributed by atoms with E-state index in [0.29, 0.717) is 5.92 Å². The number of aliphatic hydroxyl groups excluding tert-OH is 1. The maximum absolute atomic E-state index is 8.71. The summed E-state index contributed by atoms with van der Waals surface area (Å²) in [6.45, 7) is 4.75. The van der Waals surface area contributed by atoms with Crippen molar-refractivity contribution in [3.63, 3.8) is 0 Å². The largest absolute Gasteiger partial charge is 0.411 e. The van der Waals surface area contributed by atoms with Crippen molar-refractivity contribution in [1.29, 1.82) is 0 Å². The molecule has 0 amide bonds. The second-order valence-corrected chi connectivity index (χ2v) is 3.27. The molecule has 4 nitrogen and oxygen atoms in total. The lowest BCUT2D eigenvalue weighted by atomic mass is 9.98. The third-order valence-electron chi connectivity index (χ3n) is 2.33. The van der Waals surface area contributed by atoms with E-state index in [0.717, 1.165) is 31.8 Å². The Bertz CT molecular complexity index is 170. The van der Waals surface area contributed by atoms with E-state index in [2.05, 4.69) is 10.1 Å². The number of hydrogen-bond donors (Lipinski definition) is 2. The number of aliphatic hydroxyl groups is 1. The summed E-state index contributed by atoms with van der Waals surface area (Å²) in [4.78, 5) is 2.18. The van der Waals surface area contributed by atoms with Crippen molar-refractivity contribution in [3.8, 4) is 0 Å². The minimum absolute atomic E-state index is 0.207. The zero-order valence-electron chi connectivity index (χ0n) is 7.40.